The summed E-state index contributed by atoms with van der Waals surface area (Å²) in [5.74, 6) is -0.108. The van der Waals surface area contributed by atoms with Crippen LogP contribution >= 0.6 is 0 Å². The predicted molar refractivity (Wildman–Crippen MR) is 56.9 cm³/mol. The van der Waals surface area contributed by atoms with E-state index in [1.165, 1.54) is 6.07 Å². The molecular weight excluding hydrogens is 179 g/mol. The Morgan fingerprint density at radius 3 is 2.64 bits per heavy atom. The molecule has 1 rings (SSSR count). The van der Waals surface area contributed by atoms with Crippen LogP contribution in [0.15, 0.2) is 24.3 Å². The minimum Gasteiger partial charge on any atom is -0.318 e. The van der Waals surface area contributed by atoms with Crippen molar-refractivity contribution in [3.63, 3.8) is 0 Å². The Labute approximate surface area is 84.5 Å². The smallest absolute Gasteiger partial charge is 0.126 e. The molecule has 0 fully saturated rings. The first kappa shape index (κ1) is 11.1. The quantitative estimate of drug-likeness (QED) is 0.668. The van der Waals surface area contributed by atoms with Gasteiger partial charge in [0.15, 0.2) is 0 Å². The average molecular weight is 196 g/mol. The van der Waals surface area contributed by atoms with Crippen molar-refractivity contribution in [3.05, 3.63) is 35.6 Å². The first-order valence-electron chi connectivity index (χ1n) is 4.93. The highest BCUT2D eigenvalue weighted by Crippen LogP contribution is 2.05. The Kier molecular flexibility index (Phi) is 5.19. The molecule has 0 saturated heterocycles. The van der Waals surface area contributed by atoms with Crippen LogP contribution in [0, 0.1) is 5.82 Å². The highest BCUT2D eigenvalue weighted by molar-refractivity contribution is 5.17. The maximum atomic E-state index is 13.1. The van der Waals surface area contributed by atoms with Gasteiger partial charge in [-0.25, -0.2) is 4.39 Å². The van der Waals surface area contributed by atoms with Crippen LogP contribution in [-0.2, 0) is 6.42 Å². The molecule has 2 nitrogen and oxygen atoms in total. The molecule has 0 saturated carbocycles. The third kappa shape index (κ3) is 3.85. The lowest BCUT2D eigenvalue weighted by molar-refractivity contribution is 0.594. The Morgan fingerprint density at radius 1 is 1.14 bits per heavy atom. The van der Waals surface area contributed by atoms with E-state index in [1.807, 2.05) is 19.2 Å². The van der Waals surface area contributed by atoms with E-state index < -0.39 is 0 Å². The largest absolute Gasteiger partial charge is 0.318 e. The molecule has 0 amide bonds. The summed E-state index contributed by atoms with van der Waals surface area (Å²) < 4.78 is 13.1. The zero-order chi connectivity index (χ0) is 10.2. The van der Waals surface area contributed by atoms with Crippen molar-refractivity contribution in [3.8, 4) is 0 Å². The van der Waals surface area contributed by atoms with Crippen molar-refractivity contribution < 1.29 is 4.39 Å². The molecule has 0 heterocycles. The number of halogens is 1. The van der Waals surface area contributed by atoms with Crippen LogP contribution in [0.3, 0.4) is 0 Å². The predicted octanol–water partition coefficient (Wildman–Crippen LogP) is 1.18. The highest BCUT2D eigenvalue weighted by atomic mass is 19.1. The molecule has 0 spiro atoms. The molecule has 2 N–H and O–H groups in total. The maximum absolute atomic E-state index is 13.1. The van der Waals surface area contributed by atoms with Gasteiger partial charge in [0.05, 0.1) is 0 Å². The van der Waals surface area contributed by atoms with Crippen LogP contribution in [0.5, 0.6) is 0 Å². The molecule has 0 unspecified atom stereocenters. The van der Waals surface area contributed by atoms with Gasteiger partial charge in [0.2, 0.25) is 0 Å². The maximum Gasteiger partial charge on any atom is 0.126 e. The standard InChI is InChI=1S/C11H17FN2/c1-13-8-9-14-7-6-10-4-2-3-5-11(10)12/h2-5,13-14H,6-9H2,1H3. The minimum atomic E-state index is -0.108. The number of likely N-dealkylation sites (N-methyl/N-ethyl adjacent to an activating group) is 1. The van der Waals surface area contributed by atoms with E-state index in [2.05, 4.69) is 10.6 Å². The van der Waals surface area contributed by atoms with Crippen LogP contribution in [-0.4, -0.2) is 26.7 Å². The van der Waals surface area contributed by atoms with E-state index in [4.69, 9.17) is 0 Å². The normalized spacial score (nSPS) is 10.4. The molecule has 3 heteroatoms. The van der Waals surface area contributed by atoms with Crippen LogP contribution in [0.1, 0.15) is 5.56 Å². The minimum absolute atomic E-state index is 0.108. The van der Waals surface area contributed by atoms with Crippen molar-refractivity contribution in [1.29, 1.82) is 0 Å². The molecule has 1 aromatic carbocycles. The molecule has 78 valence electrons. The second kappa shape index (κ2) is 6.51. The second-order valence-electron chi connectivity index (χ2n) is 3.19. The summed E-state index contributed by atoms with van der Waals surface area (Å²) in [6.45, 7) is 2.69. The molecule has 1 aromatic rings. The Hall–Kier alpha value is -0.930. The number of rotatable bonds is 6. The van der Waals surface area contributed by atoms with Gasteiger partial charge in [-0.2, -0.15) is 0 Å². The summed E-state index contributed by atoms with van der Waals surface area (Å²) in [6, 6.07) is 6.91. The van der Waals surface area contributed by atoms with Gasteiger partial charge in [0.25, 0.3) is 0 Å². The molecule has 0 atom stereocenters. The van der Waals surface area contributed by atoms with Crippen molar-refractivity contribution in [2.75, 3.05) is 26.7 Å². The Bertz CT molecular complexity index is 263. The zero-order valence-electron chi connectivity index (χ0n) is 8.52. The van der Waals surface area contributed by atoms with Gasteiger partial charge in [-0.1, -0.05) is 18.2 Å². The van der Waals surface area contributed by atoms with Crippen LogP contribution in [0.25, 0.3) is 0 Å². The van der Waals surface area contributed by atoms with Crippen molar-refractivity contribution in [2.24, 2.45) is 0 Å². The Balaban J connectivity index is 2.21. The van der Waals surface area contributed by atoms with Crippen LogP contribution in [0.4, 0.5) is 4.39 Å². The molecule has 14 heavy (non-hydrogen) atoms. The Morgan fingerprint density at radius 2 is 1.93 bits per heavy atom. The van der Waals surface area contributed by atoms with E-state index in [9.17, 15) is 4.39 Å². The third-order valence-electron chi connectivity index (χ3n) is 2.08. The fourth-order valence-corrected chi connectivity index (χ4v) is 1.26. The summed E-state index contributed by atoms with van der Waals surface area (Å²) in [5.41, 5.74) is 0.782. The monoisotopic (exact) mass is 196 g/mol. The van der Waals surface area contributed by atoms with Crippen molar-refractivity contribution in [1.82, 2.24) is 10.6 Å². The first-order valence-corrected chi connectivity index (χ1v) is 4.93. The van der Waals surface area contributed by atoms with Gasteiger partial charge >= 0.3 is 0 Å². The first-order chi connectivity index (χ1) is 6.84. The SMILES string of the molecule is CNCCNCCc1ccccc1F. The summed E-state index contributed by atoms with van der Waals surface area (Å²) in [5, 5.41) is 6.27. The van der Waals surface area contributed by atoms with Gasteiger partial charge in [-0.05, 0) is 31.6 Å². The molecule has 0 aromatic heterocycles. The van der Waals surface area contributed by atoms with Gasteiger partial charge in [-0.3, -0.25) is 0 Å². The lowest BCUT2D eigenvalue weighted by atomic mass is 10.1. The summed E-state index contributed by atoms with van der Waals surface area (Å²) in [7, 11) is 1.92. The number of hydrogen-bond acceptors (Lipinski definition) is 2. The third-order valence-corrected chi connectivity index (χ3v) is 2.08. The van der Waals surface area contributed by atoms with Crippen LogP contribution in [0.2, 0.25) is 0 Å². The second-order valence-corrected chi connectivity index (χ2v) is 3.19. The number of benzene rings is 1. The number of hydrogen-bond donors (Lipinski definition) is 2. The van der Waals surface area contributed by atoms with E-state index >= 15 is 0 Å². The average Bonchev–Trinajstić information content (AvgIpc) is 2.20. The topological polar surface area (TPSA) is 24.1 Å². The van der Waals surface area contributed by atoms with E-state index in [1.54, 1.807) is 6.07 Å². The highest BCUT2D eigenvalue weighted by Gasteiger charge is 1.98. The molecule has 0 aliphatic heterocycles. The lowest BCUT2D eigenvalue weighted by Crippen LogP contribution is -2.26. The molecule has 0 bridgehead atoms. The zero-order valence-corrected chi connectivity index (χ0v) is 8.52. The van der Waals surface area contributed by atoms with E-state index in [0.717, 1.165) is 31.6 Å². The van der Waals surface area contributed by atoms with Gasteiger partial charge < -0.3 is 10.6 Å². The molecule has 0 aliphatic rings. The molecule has 0 radical (unpaired) electrons. The summed E-state index contributed by atoms with van der Waals surface area (Å²) >= 11 is 0. The van der Waals surface area contributed by atoms with Gasteiger partial charge in [-0.15, -0.1) is 0 Å². The van der Waals surface area contributed by atoms with E-state index in [0.29, 0.717) is 0 Å². The van der Waals surface area contributed by atoms with Gasteiger partial charge in [0.1, 0.15) is 5.82 Å². The molecule has 0 aliphatic carbocycles. The van der Waals surface area contributed by atoms with Gasteiger partial charge in [0, 0.05) is 13.1 Å². The number of nitrogens with one attached hydrogen (secondary N) is 2. The lowest BCUT2D eigenvalue weighted by Gasteiger charge is -2.04. The van der Waals surface area contributed by atoms with Crippen molar-refractivity contribution in [2.45, 2.75) is 6.42 Å². The van der Waals surface area contributed by atoms with Crippen LogP contribution < -0.4 is 10.6 Å². The summed E-state index contributed by atoms with van der Waals surface area (Å²) in [4.78, 5) is 0. The fourth-order valence-electron chi connectivity index (χ4n) is 1.26. The van der Waals surface area contributed by atoms with E-state index in [-0.39, 0.29) is 5.82 Å². The fraction of sp³-hybridized carbons (Fsp3) is 0.455. The summed E-state index contributed by atoms with van der Waals surface area (Å²) in [6.07, 6.45) is 0.746. The van der Waals surface area contributed by atoms with Crippen molar-refractivity contribution >= 4 is 0 Å². The molecular formula is C11H17FN2.